The summed E-state index contributed by atoms with van der Waals surface area (Å²) in [6.07, 6.45) is 1.14. The molecule has 88 valence electrons. The van der Waals surface area contributed by atoms with Crippen LogP contribution in [0.4, 0.5) is 0 Å². The fraction of sp³-hybridized carbons (Fsp3) is 0.909. The maximum atomic E-state index is 11.1. The summed E-state index contributed by atoms with van der Waals surface area (Å²) in [7, 11) is 2.13. The molecule has 0 aromatic carbocycles. The molecule has 1 saturated heterocycles. The van der Waals surface area contributed by atoms with Gasteiger partial charge in [-0.05, 0) is 34.2 Å². The van der Waals surface area contributed by atoms with Crippen LogP contribution in [-0.2, 0) is 4.79 Å². The number of hydrogen-bond acceptors (Lipinski definition) is 3. The van der Waals surface area contributed by atoms with Crippen molar-refractivity contribution >= 4 is 5.91 Å². The smallest absolute Gasteiger partial charge is 0.224 e. The Bertz CT molecular complexity index is 230. The van der Waals surface area contributed by atoms with Crippen molar-refractivity contribution < 1.29 is 4.79 Å². The highest BCUT2D eigenvalue weighted by Gasteiger charge is 2.29. The summed E-state index contributed by atoms with van der Waals surface area (Å²) in [4.78, 5) is 13.5. The van der Waals surface area contributed by atoms with Gasteiger partial charge in [-0.15, -0.1) is 0 Å². The van der Waals surface area contributed by atoms with Crippen molar-refractivity contribution in [2.24, 2.45) is 11.1 Å². The van der Waals surface area contributed by atoms with Gasteiger partial charge in [0.1, 0.15) is 0 Å². The van der Waals surface area contributed by atoms with Crippen molar-refractivity contribution in [3.05, 3.63) is 0 Å². The number of primary amides is 1. The van der Waals surface area contributed by atoms with E-state index in [1.54, 1.807) is 0 Å². The van der Waals surface area contributed by atoms with Crippen LogP contribution in [0.5, 0.6) is 0 Å². The number of amides is 1. The predicted octanol–water partition coefficient (Wildman–Crippen LogP) is 0.180. The molecular weight excluding hydrogens is 190 g/mol. The molecule has 1 rings (SSSR count). The van der Waals surface area contributed by atoms with Gasteiger partial charge in [-0.2, -0.15) is 0 Å². The lowest BCUT2D eigenvalue weighted by Gasteiger charge is -2.23. The van der Waals surface area contributed by atoms with Crippen LogP contribution < -0.4 is 11.1 Å². The first-order chi connectivity index (χ1) is 6.83. The molecule has 1 aliphatic rings. The minimum Gasteiger partial charge on any atom is -0.369 e. The van der Waals surface area contributed by atoms with E-state index in [4.69, 9.17) is 5.73 Å². The van der Waals surface area contributed by atoms with Gasteiger partial charge in [-0.1, -0.05) is 0 Å². The van der Waals surface area contributed by atoms with Crippen LogP contribution in [0.3, 0.4) is 0 Å². The Morgan fingerprint density at radius 1 is 1.60 bits per heavy atom. The molecule has 3 N–H and O–H groups in total. The van der Waals surface area contributed by atoms with Gasteiger partial charge in [-0.25, -0.2) is 0 Å². The second-order valence-electron chi connectivity index (χ2n) is 5.35. The van der Waals surface area contributed by atoms with Crippen LogP contribution in [-0.4, -0.2) is 43.0 Å². The summed E-state index contributed by atoms with van der Waals surface area (Å²) in [5.41, 5.74) is 4.87. The molecule has 0 bridgehead atoms. The second kappa shape index (κ2) is 4.49. The van der Waals surface area contributed by atoms with E-state index in [1.165, 1.54) is 0 Å². The molecule has 4 nitrogen and oxygen atoms in total. The average Bonchev–Trinajstić information content (AvgIpc) is 2.43. The maximum Gasteiger partial charge on any atom is 0.224 e. The predicted molar refractivity (Wildman–Crippen MR) is 61.5 cm³/mol. The number of nitrogens with one attached hydrogen (secondary N) is 1. The largest absolute Gasteiger partial charge is 0.369 e. The first-order valence-electron chi connectivity index (χ1n) is 5.56. The topological polar surface area (TPSA) is 58.4 Å². The van der Waals surface area contributed by atoms with Crippen LogP contribution in [0.2, 0.25) is 0 Å². The third-order valence-corrected chi connectivity index (χ3v) is 3.39. The highest BCUT2D eigenvalue weighted by molar-refractivity contribution is 5.80. The van der Waals surface area contributed by atoms with Crippen LogP contribution in [0.1, 0.15) is 27.2 Å². The molecule has 2 unspecified atom stereocenters. The fourth-order valence-corrected chi connectivity index (χ4v) is 1.83. The van der Waals surface area contributed by atoms with Crippen molar-refractivity contribution in [1.82, 2.24) is 10.2 Å². The van der Waals surface area contributed by atoms with Crippen molar-refractivity contribution in [2.45, 2.75) is 39.3 Å². The van der Waals surface area contributed by atoms with Crippen LogP contribution in [0.15, 0.2) is 0 Å². The molecule has 0 saturated carbocycles. The third-order valence-electron chi connectivity index (χ3n) is 3.39. The van der Waals surface area contributed by atoms with E-state index in [2.05, 4.69) is 24.2 Å². The standard InChI is InChI=1S/C11H23N3O/c1-8-5-9(6-14(8)4)13-7-11(2,3)10(12)15/h8-9,13H,5-7H2,1-4H3,(H2,12,15). The van der Waals surface area contributed by atoms with Crippen molar-refractivity contribution in [3.63, 3.8) is 0 Å². The van der Waals surface area contributed by atoms with Gasteiger partial charge in [0.2, 0.25) is 5.91 Å². The zero-order valence-corrected chi connectivity index (χ0v) is 10.2. The molecule has 1 amide bonds. The molecule has 0 radical (unpaired) electrons. The zero-order chi connectivity index (χ0) is 11.6. The van der Waals surface area contributed by atoms with E-state index < -0.39 is 5.41 Å². The average molecular weight is 213 g/mol. The van der Waals surface area contributed by atoms with Gasteiger partial charge in [-0.3, -0.25) is 4.79 Å². The van der Waals surface area contributed by atoms with Gasteiger partial charge in [0.15, 0.2) is 0 Å². The first-order valence-corrected chi connectivity index (χ1v) is 5.56. The number of carbonyl (C=O) groups is 1. The number of nitrogens with two attached hydrogens (primary N) is 1. The van der Waals surface area contributed by atoms with E-state index in [-0.39, 0.29) is 5.91 Å². The fourth-order valence-electron chi connectivity index (χ4n) is 1.83. The molecule has 1 heterocycles. The number of carbonyl (C=O) groups excluding carboxylic acids is 1. The highest BCUT2D eigenvalue weighted by Crippen LogP contribution is 2.17. The molecule has 0 aromatic heterocycles. The molecule has 2 atom stereocenters. The molecule has 0 spiro atoms. The molecule has 4 heteroatoms. The van der Waals surface area contributed by atoms with Crippen LogP contribution >= 0.6 is 0 Å². The number of likely N-dealkylation sites (N-methyl/N-ethyl adjacent to an activating group) is 1. The van der Waals surface area contributed by atoms with Gasteiger partial charge in [0.25, 0.3) is 0 Å². The molecule has 0 aliphatic carbocycles. The van der Waals surface area contributed by atoms with Gasteiger partial charge < -0.3 is 16.0 Å². The minimum absolute atomic E-state index is 0.241. The lowest BCUT2D eigenvalue weighted by molar-refractivity contribution is -0.125. The van der Waals surface area contributed by atoms with Crippen LogP contribution in [0.25, 0.3) is 0 Å². The zero-order valence-electron chi connectivity index (χ0n) is 10.2. The number of rotatable bonds is 4. The number of nitrogens with zero attached hydrogens (tertiary/aromatic N) is 1. The normalized spacial score (nSPS) is 28.3. The second-order valence-corrected chi connectivity index (χ2v) is 5.35. The highest BCUT2D eigenvalue weighted by atomic mass is 16.1. The van der Waals surface area contributed by atoms with Gasteiger partial charge >= 0.3 is 0 Å². The summed E-state index contributed by atoms with van der Waals surface area (Å²) in [6.45, 7) is 7.69. The SMILES string of the molecule is CC1CC(NCC(C)(C)C(N)=O)CN1C. The van der Waals surface area contributed by atoms with Crippen molar-refractivity contribution in [3.8, 4) is 0 Å². The van der Waals surface area contributed by atoms with E-state index in [0.29, 0.717) is 18.6 Å². The number of hydrogen-bond donors (Lipinski definition) is 2. The molecule has 0 aromatic rings. The van der Waals surface area contributed by atoms with Gasteiger partial charge in [0, 0.05) is 25.2 Å². The number of likely N-dealkylation sites (tertiary alicyclic amines) is 1. The Kier molecular flexibility index (Phi) is 3.73. The summed E-state index contributed by atoms with van der Waals surface area (Å²) in [6, 6.07) is 1.11. The summed E-state index contributed by atoms with van der Waals surface area (Å²) >= 11 is 0. The lowest BCUT2D eigenvalue weighted by atomic mass is 9.92. The van der Waals surface area contributed by atoms with Crippen LogP contribution in [0, 0.1) is 5.41 Å². The monoisotopic (exact) mass is 213 g/mol. The Morgan fingerprint density at radius 3 is 2.60 bits per heavy atom. The molecular formula is C11H23N3O. The first kappa shape index (κ1) is 12.5. The summed E-state index contributed by atoms with van der Waals surface area (Å²) in [5, 5.41) is 3.42. The van der Waals surface area contributed by atoms with Crippen molar-refractivity contribution in [2.75, 3.05) is 20.1 Å². The lowest BCUT2D eigenvalue weighted by Crippen LogP contribution is -2.44. The van der Waals surface area contributed by atoms with E-state index in [9.17, 15) is 4.79 Å². The molecule has 15 heavy (non-hydrogen) atoms. The Labute approximate surface area is 92.2 Å². The third kappa shape index (κ3) is 3.18. The summed E-state index contributed by atoms with van der Waals surface area (Å²) < 4.78 is 0. The quantitative estimate of drug-likeness (QED) is 0.700. The van der Waals surface area contributed by atoms with E-state index >= 15 is 0 Å². The van der Waals surface area contributed by atoms with E-state index in [0.717, 1.165) is 13.0 Å². The van der Waals surface area contributed by atoms with Gasteiger partial charge in [0.05, 0.1) is 5.41 Å². The Hall–Kier alpha value is -0.610. The Balaban J connectivity index is 2.36. The molecule has 1 fully saturated rings. The summed E-state index contributed by atoms with van der Waals surface area (Å²) in [5.74, 6) is -0.241. The molecule has 1 aliphatic heterocycles. The van der Waals surface area contributed by atoms with Crippen molar-refractivity contribution in [1.29, 1.82) is 0 Å². The minimum atomic E-state index is -0.454. The van der Waals surface area contributed by atoms with E-state index in [1.807, 2.05) is 13.8 Å². The Morgan fingerprint density at radius 2 is 2.20 bits per heavy atom. The maximum absolute atomic E-state index is 11.1.